The van der Waals surface area contributed by atoms with Crippen LogP contribution in [0.1, 0.15) is 18.4 Å². The normalized spacial score (nSPS) is 12.9. The van der Waals surface area contributed by atoms with E-state index in [4.69, 9.17) is 5.11 Å². The molecule has 0 saturated heterocycles. The maximum absolute atomic E-state index is 10.8. The van der Waals surface area contributed by atoms with E-state index < -0.39 is 11.9 Å². The molecule has 2 aromatic rings. The number of carboxylic acid groups (broad SMARTS) is 1. The molecule has 72 valence electrons. The molecule has 1 heterocycles. The van der Waals surface area contributed by atoms with Crippen molar-refractivity contribution < 1.29 is 9.90 Å². The largest absolute Gasteiger partial charge is 0.481 e. The molecule has 1 aromatic carbocycles. The number of benzene rings is 1. The Hall–Kier alpha value is -1.42. The van der Waals surface area contributed by atoms with Crippen molar-refractivity contribution in [2.24, 2.45) is 0 Å². The third-order valence-electron chi connectivity index (χ3n) is 2.22. The van der Waals surface area contributed by atoms with Gasteiger partial charge < -0.3 is 5.11 Å². The lowest BCUT2D eigenvalue weighted by atomic mass is 10.0. The molecule has 14 heavy (non-hydrogen) atoms. The zero-order valence-corrected chi connectivity index (χ0v) is 8.41. The van der Waals surface area contributed by atoms with Crippen LogP contribution >= 0.6 is 11.3 Å². The fourth-order valence-corrected chi connectivity index (χ4v) is 2.28. The lowest BCUT2D eigenvalue weighted by Gasteiger charge is -2.06. The molecule has 0 aliphatic rings. The zero-order valence-electron chi connectivity index (χ0n) is 7.60. The highest BCUT2D eigenvalue weighted by molar-refractivity contribution is 7.17. The van der Waals surface area contributed by atoms with Gasteiger partial charge in [-0.25, -0.2) is 4.98 Å². The predicted molar refractivity (Wildman–Crippen MR) is 55.7 cm³/mol. The standard InChI is InChI=1S/C10H9NO2S/c1-6(10(12)13)7-3-2-4-8-9(7)14-5-11-8/h2-6H,1H3,(H,12,13). The van der Waals surface area contributed by atoms with E-state index in [1.54, 1.807) is 12.4 Å². The first-order valence-electron chi connectivity index (χ1n) is 4.25. The molecule has 0 aliphatic heterocycles. The second-order valence-corrected chi connectivity index (χ2v) is 3.96. The predicted octanol–water partition coefficient (Wildman–Crippen LogP) is 2.48. The van der Waals surface area contributed by atoms with Gasteiger partial charge in [-0.1, -0.05) is 12.1 Å². The smallest absolute Gasteiger partial charge is 0.310 e. The molecule has 1 unspecified atom stereocenters. The highest BCUT2D eigenvalue weighted by Crippen LogP contribution is 2.28. The molecular formula is C10H9NO2S. The number of aromatic nitrogens is 1. The Morgan fingerprint density at radius 1 is 1.57 bits per heavy atom. The second kappa shape index (κ2) is 3.38. The van der Waals surface area contributed by atoms with Crippen LogP contribution in [0.25, 0.3) is 10.2 Å². The average molecular weight is 207 g/mol. The van der Waals surface area contributed by atoms with Crippen molar-refractivity contribution >= 4 is 27.5 Å². The zero-order chi connectivity index (χ0) is 10.1. The fraction of sp³-hybridized carbons (Fsp3) is 0.200. The van der Waals surface area contributed by atoms with Crippen LogP contribution in [0.3, 0.4) is 0 Å². The van der Waals surface area contributed by atoms with Gasteiger partial charge >= 0.3 is 5.97 Å². The van der Waals surface area contributed by atoms with Crippen molar-refractivity contribution in [3.63, 3.8) is 0 Å². The lowest BCUT2D eigenvalue weighted by molar-refractivity contribution is -0.138. The van der Waals surface area contributed by atoms with Crippen molar-refractivity contribution in [2.45, 2.75) is 12.8 Å². The van der Waals surface area contributed by atoms with Gasteiger partial charge in [0.25, 0.3) is 0 Å². The quantitative estimate of drug-likeness (QED) is 0.823. The Balaban J connectivity index is 2.61. The highest BCUT2D eigenvalue weighted by atomic mass is 32.1. The molecule has 1 aromatic heterocycles. The average Bonchev–Trinajstić information content (AvgIpc) is 2.63. The molecule has 0 bridgehead atoms. The SMILES string of the molecule is CC(C(=O)O)c1cccc2ncsc12. The van der Waals surface area contributed by atoms with Gasteiger partial charge in [-0.05, 0) is 18.6 Å². The number of nitrogens with zero attached hydrogens (tertiary/aromatic N) is 1. The highest BCUT2D eigenvalue weighted by Gasteiger charge is 2.16. The molecule has 0 radical (unpaired) electrons. The van der Waals surface area contributed by atoms with Gasteiger partial charge in [0.15, 0.2) is 0 Å². The van der Waals surface area contributed by atoms with Crippen LogP contribution in [0, 0.1) is 0 Å². The first-order valence-corrected chi connectivity index (χ1v) is 5.13. The molecule has 4 heteroatoms. The van der Waals surface area contributed by atoms with Gasteiger partial charge in [0.05, 0.1) is 21.6 Å². The van der Waals surface area contributed by atoms with Crippen molar-refractivity contribution in [2.75, 3.05) is 0 Å². The first kappa shape index (κ1) is 9.15. The Morgan fingerprint density at radius 3 is 3.07 bits per heavy atom. The number of fused-ring (bicyclic) bond motifs is 1. The Morgan fingerprint density at radius 2 is 2.36 bits per heavy atom. The number of hydrogen-bond acceptors (Lipinski definition) is 3. The lowest BCUT2D eigenvalue weighted by Crippen LogP contribution is -2.07. The molecule has 0 amide bonds. The van der Waals surface area contributed by atoms with E-state index in [2.05, 4.69) is 4.98 Å². The molecule has 1 N–H and O–H groups in total. The van der Waals surface area contributed by atoms with Gasteiger partial charge in [0.1, 0.15) is 0 Å². The van der Waals surface area contributed by atoms with Crippen LogP contribution in [0.5, 0.6) is 0 Å². The summed E-state index contributed by atoms with van der Waals surface area (Å²) in [5, 5.41) is 8.92. The van der Waals surface area contributed by atoms with E-state index in [0.717, 1.165) is 15.8 Å². The van der Waals surface area contributed by atoms with Crippen LogP contribution in [-0.4, -0.2) is 16.1 Å². The Kier molecular flexibility index (Phi) is 2.21. The van der Waals surface area contributed by atoms with Crippen molar-refractivity contribution in [3.8, 4) is 0 Å². The third-order valence-corrected chi connectivity index (χ3v) is 3.12. The molecule has 2 rings (SSSR count). The molecule has 1 atom stereocenters. The minimum absolute atomic E-state index is 0.473. The van der Waals surface area contributed by atoms with Gasteiger partial charge in [-0.15, -0.1) is 11.3 Å². The van der Waals surface area contributed by atoms with Gasteiger partial charge in [0.2, 0.25) is 0 Å². The van der Waals surface area contributed by atoms with Gasteiger partial charge in [-0.3, -0.25) is 4.79 Å². The minimum atomic E-state index is -0.800. The second-order valence-electron chi connectivity index (χ2n) is 3.11. The van der Waals surface area contributed by atoms with Crippen LogP contribution in [0.2, 0.25) is 0 Å². The minimum Gasteiger partial charge on any atom is -0.481 e. The molecule has 0 fully saturated rings. The molecule has 0 spiro atoms. The molecule has 0 aliphatic carbocycles. The topological polar surface area (TPSA) is 50.2 Å². The number of carboxylic acids is 1. The van der Waals surface area contributed by atoms with E-state index in [1.165, 1.54) is 11.3 Å². The summed E-state index contributed by atoms with van der Waals surface area (Å²) in [5.74, 6) is -1.27. The fourth-order valence-electron chi connectivity index (χ4n) is 1.38. The van der Waals surface area contributed by atoms with E-state index in [-0.39, 0.29) is 0 Å². The number of carbonyl (C=O) groups is 1. The van der Waals surface area contributed by atoms with Gasteiger partial charge in [0, 0.05) is 0 Å². The van der Waals surface area contributed by atoms with Crippen LogP contribution in [-0.2, 0) is 4.79 Å². The molecular weight excluding hydrogens is 198 g/mol. The molecule has 0 saturated carbocycles. The van der Waals surface area contributed by atoms with Crippen LogP contribution in [0.15, 0.2) is 23.7 Å². The number of hydrogen-bond donors (Lipinski definition) is 1. The summed E-state index contributed by atoms with van der Waals surface area (Å²) >= 11 is 1.49. The third kappa shape index (κ3) is 1.37. The Labute approximate surface area is 85.0 Å². The molecule has 3 nitrogen and oxygen atoms in total. The van der Waals surface area contributed by atoms with Gasteiger partial charge in [-0.2, -0.15) is 0 Å². The monoisotopic (exact) mass is 207 g/mol. The number of thiazole rings is 1. The summed E-state index contributed by atoms with van der Waals surface area (Å²) in [5.41, 5.74) is 3.46. The van der Waals surface area contributed by atoms with E-state index in [9.17, 15) is 4.79 Å². The summed E-state index contributed by atoms with van der Waals surface area (Å²) in [4.78, 5) is 15.0. The number of aliphatic carboxylic acids is 1. The van der Waals surface area contributed by atoms with Crippen molar-refractivity contribution in [1.82, 2.24) is 4.98 Å². The van der Waals surface area contributed by atoms with Crippen LogP contribution in [0.4, 0.5) is 0 Å². The van der Waals surface area contributed by atoms with E-state index in [1.807, 2.05) is 18.2 Å². The summed E-state index contributed by atoms with van der Waals surface area (Å²) in [6, 6.07) is 5.58. The number of rotatable bonds is 2. The summed E-state index contributed by atoms with van der Waals surface area (Å²) in [6.45, 7) is 1.69. The van der Waals surface area contributed by atoms with Crippen molar-refractivity contribution in [1.29, 1.82) is 0 Å². The maximum Gasteiger partial charge on any atom is 0.310 e. The van der Waals surface area contributed by atoms with E-state index in [0.29, 0.717) is 0 Å². The first-order chi connectivity index (χ1) is 6.70. The van der Waals surface area contributed by atoms with E-state index >= 15 is 0 Å². The van der Waals surface area contributed by atoms with Crippen molar-refractivity contribution in [3.05, 3.63) is 29.3 Å². The maximum atomic E-state index is 10.8. The summed E-state index contributed by atoms with van der Waals surface area (Å²) < 4.78 is 0.974. The summed E-state index contributed by atoms with van der Waals surface area (Å²) in [6.07, 6.45) is 0. The Bertz CT molecular complexity index is 478. The summed E-state index contributed by atoms with van der Waals surface area (Å²) in [7, 11) is 0. The van der Waals surface area contributed by atoms with Crippen LogP contribution < -0.4 is 0 Å².